The highest BCUT2D eigenvalue weighted by Crippen LogP contribution is 2.69. The van der Waals surface area contributed by atoms with Crippen molar-refractivity contribution in [3.8, 4) is 11.5 Å². The van der Waals surface area contributed by atoms with E-state index in [9.17, 15) is 10.2 Å². The lowest BCUT2D eigenvalue weighted by atomic mass is 9.49. The summed E-state index contributed by atoms with van der Waals surface area (Å²) in [5.74, 6) is 2.31. The second-order valence-electron chi connectivity index (χ2n) is 13.0. The van der Waals surface area contributed by atoms with Crippen LogP contribution < -0.4 is 15.4 Å². The van der Waals surface area contributed by atoms with Crippen LogP contribution >= 0.6 is 0 Å². The summed E-state index contributed by atoms with van der Waals surface area (Å²) in [4.78, 5) is 11.0. The third-order valence-electron chi connectivity index (χ3n) is 10.5. The van der Waals surface area contributed by atoms with Gasteiger partial charge in [0.05, 0.1) is 16.7 Å². The van der Waals surface area contributed by atoms with Gasteiger partial charge in [0.1, 0.15) is 0 Å². The van der Waals surface area contributed by atoms with Gasteiger partial charge in [-0.2, -0.15) is 0 Å². The molecular weight excluding hydrogens is 514 g/mol. The Bertz CT molecular complexity index is 1560. The Kier molecular flexibility index (Phi) is 5.68. The molecule has 1 saturated carbocycles. The topological polar surface area (TPSA) is 105 Å². The fraction of sp³-hybridized carbons (Fsp3) is 0.545. The predicted octanol–water partition coefficient (Wildman–Crippen LogP) is 4.75. The Hall–Kier alpha value is -3.23. The fourth-order valence-corrected chi connectivity index (χ4v) is 8.44. The summed E-state index contributed by atoms with van der Waals surface area (Å²) < 4.78 is 6.74. The van der Waals surface area contributed by atoms with Crippen molar-refractivity contribution in [3.63, 3.8) is 0 Å². The minimum Gasteiger partial charge on any atom is -0.504 e. The minimum atomic E-state index is -0.987. The minimum absolute atomic E-state index is 0.0244. The molecule has 5 N–H and O–H groups in total. The van der Waals surface area contributed by atoms with Crippen LogP contribution in [0.3, 0.4) is 0 Å². The van der Waals surface area contributed by atoms with Crippen molar-refractivity contribution in [2.45, 2.75) is 82.0 Å². The van der Waals surface area contributed by atoms with E-state index in [2.05, 4.69) is 58.6 Å². The summed E-state index contributed by atoms with van der Waals surface area (Å²) in [7, 11) is 0. The number of aromatic amines is 1. The molecule has 216 valence electrons. The van der Waals surface area contributed by atoms with Crippen LogP contribution in [-0.4, -0.2) is 63.9 Å². The maximum Gasteiger partial charge on any atom is 0.195 e. The molecule has 4 atom stereocenters. The molecule has 2 bridgehead atoms. The van der Waals surface area contributed by atoms with Crippen LogP contribution in [0.2, 0.25) is 0 Å². The number of rotatable bonds is 7. The van der Waals surface area contributed by atoms with Gasteiger partial charge in [-0.25, -0.2) is 0 Å². The van der Waals surface area contributed by atoms with E-state index >= 15 is 0 Å². The van der Waals surface area contributed by atoms with Gasteiger partial charge in [0.2, 0.25) is 0 Å². The fourth-order valence-electron chi connectivity index (χ4n) is 8.44. The summed E-state index contributed by atoms with van der Waals surface area (Å²) in [6.07, 6.45) is 6.43. The lowest BCUT2D eigenvalue weighted by molar-refractivity contribution is -0.173. The van der Waals surface area contributed by atoms with E-state index < -0.39 is 11.0 Å². The van der Waals surface area contributed by atoms with Crippen LogP contribution in [-0.2, 0) is 18.3 Å². The van der Waals surface area contributed by atoms with Crippen molar-refractivity contribution < 1.29 is 14.9 Å². The third-order valence-corrected chi connectivity index (χ3v) is 10.5. The number of benzene rings is 2. The highest BCUT2D eigenvalue weighted by molar-refractivity contribution is 5.97. The molecule has 3 aromatic rings. The second kappa shape index (κ2) is 9.13. The summed E-state index contributed by atoms with van der Waals surface area (Å²) in [5.41, 5.74) is 4.91. The molecule has 2 fully saturated rings. The SMILES string of the molecule is CCCN=C(NCCC)Nc1ccc2[nH]c3c(c2c1)C[C@@]1(O)[C@H]2Cc4ccc(O)c5c4[C@@]1(CCN2CC1CC1)[C@H]3O5. The van der Waals surface area contributed by atoms with E-state index in [1.807, 2.05) is 0 Å². The number of aliphatic hydroxyl groups is 1. The molecule has 8 rings (SSSR count). The van der Waals surface area contributed by atoms with E-state index in [1.54, 1.807) is 6.07 Å². The number of fused-ring (bicyclic) bond motifs is 4. The van der Waals surface area contributed by atoms with Crippen molar-refractivity contribution in [2.24, 2.45) is 10.9 Å². The zero-order valence-corrected chi connectivity index (χ0v) is 24.1. The Labute approximate surface area is 241 Å². The summed E-state index contributed by atoms with van der Waals surface area (Å²) in [6, 6.07) is 10.3. The second-order valence-corrected chi connectivity index (χ2v) is 13.0. The zero-order chi connectivity index (χ0) is 27.9. The first kappa shape index (κ1) is 25.5. The first-order chi connectivity index (χ1) is 20.0. The van der Waals surface area contributed by atoms with Crippen LogP contribution in [0, 0.1) is 5.92 Å². The van der Waals surface area contributed by atoms with Gasteiger partial charge >= 0.3 is 0 Å². The molecule has 41 heavy (non-hydrogen) atoms. The van der Waals surface area contributed by atoms with Gasteiger partial charge < -0.3 is 30.6 Å². The number of likely N-dealkylation sites (tertiary alicyclic amines) is 1. The molecular formula is C33H41N5O3. The van der Waals surface area contributed by atoms with Gasteiger partial charge in [-0.15, -0.1) is 0 Å². The number of phenolic OH excluding ortho intramolecular Hbond substituents is 1. The number of hydrogen-bond acceptors (Lipinski definition) is 5. The molecule has 1 saturated heterocycles. The van der Waals surface area contributed by atoms with E-state index in [0.717, 1.165) is 97.2 Å². The number of aromatic hydroxyl groups is 1. The number of aromatic nitrogens is 1. The molecule has 1 spiro atoms. The highest BCUT2D eigenvalue weighted by atomic mass is 16.5. The average Bonchev–Trinajstić information content (AvgIpc) is 3.61. The number of phenols is 1. The number of piperidine rings is 1. The molecule has 0 unspecified atom stereocenters. The lowest BCUT2D eigenvalue weighted by Crippen LogP contribution is -2.74. The van der Waals surface area contributed by atoms with Crippen LogP contribution in [0.1, 0.15) is 74.4 Å². The molecule has 2 aromatic carbocycles. The molecule has 5 aliphatic rings. The van der Waals surface area contributed by atoms with Gasteiger partial charge in [0.15, 0.2) is 23.6 Å². The van der Waals surface area contributed by atoms with Gasteiger partial charge in [0.25, 0.3) is 0 Å². The number of guanidine groups is 1. The van der Waals surface area contributed by atoms with Crippen LogP contribution in [0.5, 0.6) is 11.5 Å². The van der Waals surface area contributed by atoms with Crippen LogP contribution in [0.15, 0.2) is 35.3 Å². The molecule has 8 heteroatoms. The number of nitrogens with one attached hydrogen (secondary N) is 3. The maximum absolute atomic E-state index is 13.1. The maximum atomic E-state index is 13.1. The molecule has 0 amide bonds. The average molecular weight is 556 g/mol. The molecule has 8 nitrogen and oxygen atoms in total. The molecule has 2 aliphatic heterocycles. The quantitative estimate of drug-likeness (QED) is 0.213. The number of aliphatic imine (C=N–C) groups is 1. The highest BCUT2D eigenvalue weighted by Gasteiger charge is 2.72. The largest absolute Gasteiger partial charge is 0.504 e. The Morgan fingerprint density at radius 1 is 1.20 bits per heavy atom. The third kappa shape index (κ3) is 3.56. The van der Waals surface area contributed by atoms with Gasteiger partial charge in [0, 0.05) is 54.3 Å². The monoisotopic (exact) mass is 555 g/mol. The van der Waals surface area contributed by atoms with E-state index in [0.29, 0.717) is 12.2 Å². The number of anilines is 1. The summed E-state index contributed by atoms with van der Waals surface area (Å²) in [6.45, 7) is 7.93. The Balaban J connectivity index is 1.25. The Morgan fingerprint density at radius 2 is 2.07 bits per heavy atom. The molecule has 3 heterocycles. The summed E-state index contributed by atoms with van der Waals surface area (Å²) in [5, 5.41) is 32.1. The number of hydrogen-bond donors (Lipinski definition) is 5. The van der Waals surface area contributed by atoms with Crippen molar-refractivity contribution in [1.29, 1.82) is 0 Å². The van der Waals surface area contributed by atoms with Crippen LogP contribution in [0.4, 0.5) is 5.69 Å². The first-order valence-electron chi connectivity index (χ1n) is 15.6. The van der Waals surface area contributed by atoms with E-state index in [4.69, 9.17) is 9.73 Å². The molecule has 0 radical (unpaired) electrons. The van der Waals surface area contributed by atoms with Crippen molar-refractivity contribution >= 4 is 22.5 Å². The summed E-state index contributed by atoms with van der Waals surface area (Å²) >= 11 is 0. The van der Waals surface area contributed by atoms with Gasteiger partial charge in [-0.1, -0.05) is 19.9 Å². The van der Waals surface area contributed by atoms with Gasteiger partial charge in [-0.05, 0) is 86.4 Å². The van der Waals surface area contributed by atoms with E-state index in [1.165, 1.54) is 18.4 Å². The normalized spacial score (nSPS) is 29.7. The smallest absolute Gasteiger partial charge is 0.195 e. The number of ether oxygens (including phenoxy) is 1. The standard InChI is InChI=1S/C33H41N5O3/c1-3-12-34-31(35-13-4-2)36-21-8-9-24-22(16-21)23-17-33(40)26-15-20-7-10-25(39)29-27(20)32(33,30(41-29)28(23)37-24)11-14-38(26)18-19-5-6-19/h7-10,16,19,26,30,37,39-40H,3-6,11-15,17-18H2,1-2H3,(H2,34,35,36)/t26-,30+,32+,33-/m1/s1. The molecule has 3 aliphatic carbocycles. The predicted molar refractivity (Wildman–Crippen MR) is 161 cm³/mol. The van der Waals surface area contributed by atoms with Gasteiger partial charge in [-0.3, -0.25) is 9.89 Å². The lowest BCUT2D eigenvalue weighted by Gasteiger charge is -2.62. The van der Waals surface area contributed by atoms with Crippen molar-refractivity contribution in [1.82, 2.24) is 15.2 Å². The number of H-pyrrole nitrogens is 1. The zero-order valence-electron chi connectivity index (χ0n) is 24.1. The van der Waals surface area contributed by atoms with Crippen molar-refractivity contribution in [2.75, 3.05) is 31.5 Å². The number of nitrogens with zero attached hydrogens (tertiary/aromatic N) is 2. The van der Waals surface area contributed by atoms with Crippen molar-refractivity contribution in [3.05, 3.63) is 52.7 Å². The first-order valence-corrected chi connectivity index (χ1v) is 15.6. The molecule has 1 aromatic heterocycles. The Morgan fingerprint density at radius 3 is 2.88 bits per heavy atom. The van der Waals surface area contributed by atoms with Crippen LogP contribution in [0.25, 0.3) is 10.9 Å². The van der Waals surface area contributed by atoms with E-state index in [-0.39, 0.29) is 17.9 Å².